The normalized spacial score (nSPS) is 14.5. The lowest BCUT2D eigenvalue weighted by atomic mass is 10.2. The average molecular weight is 399 g/mol. The Hall–Kier alpha value is -2.74. The van der Waals surface area contributed by atoms with E-state index in [1.807, 2.05) is 24.0 Å². The number of likely N-dealkylation sites (N-methyl/N-ethyl adjacent to an activating group) is 1. The van der Waals surface area contributed by atoms with E-state index in [1.54, 1.807) is 6.20 Å². The van der Waals surface area contributed by atoms with Crippen molar-refractivity contribution in [2.75, 3.05) is 50.7 Å². The Morgan fingerprint density at radius 2 is 1.86 bits per heavy atom. The van der Waals surface area contributed by atoms with Gasteiger partial charge in [-0.25, -0.2) is 9.97 Å². The number of H-pyrrole nitrogens is 1. The molecule has 0 aromatic carbocycles. The van der Waals surface area contributed by atoms with Crippen LogP contribution in [0.15, 0.2) is 29.2 Å². The first kappa shape index (κ1) is 21.0. The molecule has 1 amide bonds. The van der Waals surface area contributed by atoms with E-state index in [9.17, 15) is 9.59 Å². The summed E-state index contributed by atoms with van der Waals surface area (Å²) in [4.78, 5) is 42.3. The number of piperazine rings is 1. The number of nitrogens with zero attached hydrogens (tertiary/aromatic N) is 5. The highest BCUT2D eigenvalue weighted by Crippen LogP contribution is 2.19. The largest absolute Gasteiger partial charge is 0.353 e. The fraction of sp³-hybridized carbons (Fsp3) is 0.524. The van der Waals surface area contributed by atoms with E-state index in [1.165, 1.54) is 6.07 Å². The zero-order chi connectivity index (χ0) is 20.8. The molecule has 0 aliphatic carbocycles. The molecule has 1 aliphatic rings. The number of carbonyl (C=O) groups is 1. The highest BCUT2D eigenvalue weighted by Gasteiger charge is 2.22. The molecule has 8 nitrogen and oxygen atoms in total. The van der Waals surface area contributed by atoms with Crippen LogP contribution >= 0.6 is 0 Å². The van der Waals surface area contributed by atoms with Crippen LogP contribution in [-0.4, -0.2) is 76.5 Å². The van der Waals surface area contributed by atoms with Crippen molar-refractivity contribution in [1.82, 2.24) is 24.8 Å². The second kappa shape index (κ2) is 9.65. The summed E-state index contributed by atoms with van der Waals surface area (Å²) in [6.07, 6.45) is 2.45. The van der Waals surface area contributed by atoms with E-state index in [0.717, 1.165) is 43.3 Å². The van der Waals surface area contributed by atoms with Crippen LogP contribution in [0.25, 0.3) is 11.4 Å². The second-order valence-corrected chi connectivity index (χ2v) is 7.17. The number of anilines is 1. The number of hydrogen-bond acceptors (Lipinski definition) is 6. The summed E-state index contributed by atoms with van der Waals surface area (Å²) < 4.78 is 0. The molecule has 3 heterocycles. The maximum atomic E-state index is 12.5. The number of hydrogen-bond donors (Lipinski definition) is 1. The molecule has 3 rings (SSSR count). The predicted octanol–water partition coefficient (Wildman–Crippen LogP) is 1.38. The van der Waals surface area contributed by atoms with Crippen molar-refractivity contribution in [3.8, 4) is 11.4 Å². The summed E-state index contributed by atoms with van der Waals surface area (Å²) in [7, 11) is 0. The van der Waals surface area contributed by atoms with E-state index < -0.39 is 0 Å². The van der Waals surface area contributed by atoms with Crippen LogP contribution in [0.1, 0.15) is 26.5 Å². The maximum Gasteiger partial charge on any atom is 0.251 e. The van der Waals surface area contributed by atoms with Gasteiger partial charge in [0.2, 0.25) is 5.91 Å². The minimum atomic E-state index is -0.151. The highest BCUT2D eigenvalue weighted by atomic mass is 16.2. The van der Waals surface area contributed by atoms with Crippen LogP contribution in [0, 0.1) is 0 Å². The van der Waals surface area contributed by atoms with Crippen LogP contribution in [0.3, 0.4) is 0 Å². The van der Waals surface area contributed by atoms with Crippen LogP contribution in [0.2, 0.25) is 0 Å². The van der Waals surface area contributed by atoms with Crippen molar-refractivity contribution in [3.05, 3.63) is 40.4 Å². The van der Waals surface area contributed by atoms with Gasteiger partial charge in [0.1, 0.15) is 11.6 Å². The van der Waals surface area contributed by atoms with Gasteiger partial charge in [0, 0.05) is 49.7 Å². The maximum absolute atomic E-state index is 12.5. The first-order valence-electron chi connectivity index (χ1n) is 10.4. The van der Waals surface area contributed by atoms with Crippen molar-refractivity contribution >= 4 is 11.7 Å². The van der Waals surface area contributed by atoms with Gasteiger partial charge < -0.3 is 14.8 Å². The summed E-state index contributed by atoms with van der Waals surface area (Å²) in [6, 6.07) is 5.39. The number of pyridine rings is 1. The lowest BCUT2D eigenvalue weighted by Gasteiger charge is -2.36. The first-order chi connectivity index (χ1) is 14.0. The molecule has 0 radical (unpaired) electrons. The fourth-order valence-corrected chi connectivity index (χ4v) is 3.46. The van der Waals surface area contributed by atoms with E-state index in [-0.39, 0.29) is 11.5 Å². The topological polar surface area (TPSA) is 85.4 Å². The SMILES string of the molecule is CCc1cc(=O)[nH]c(-c2ccc(N3CCN(C(=O)CN(CC)CC)CC3)nc2)n1. The van der Waals surface area contributed by atoms with E-state index in [4.69, 9.17) is 0 Å². The fourth-order valence-electron chi connectivity index (χ4n) is 3.46. The minimum Gasteiger partial charge on any atom is -0.353 e. The molecular formula is C21H30N6O2. The Bertz CT molecular complexity index is 867. The number of aromatic nitrogens is 3. The number of aryl methyl sites for hydroxylation is 1. The predicted molar refractivity (Wildman–Crippen MR) is 114 cm³/mol. The van der Waals surface area contributed by atoms with E-state index in [2.05, 4.69) is 38.6 Å². The number of nitrogens with one attached hydrogen (secondary N) is 1. The number of aromatic amines is 1. The molecule has 1 saturated heterocycles. The summed E-state index contributed by atoms with van der Waals surface area (Å²) >= 11 is 0. The lowest BCUT2D eigenvalue weighted by molar-refractivity contribution is -0.132. The third kappa shape index (κ3) is 5.20. The van der Waals surface area contributed by atoms with Crippen LogP contribution in [-0.2, 0) is 11.2 Å². The molecule has 1 aliphatic heterocycles. The number of carbonyl (C=O) groups excluding carboxylic acids is 1. The van der Waals surface area contributed by atoms with Crippen LogP contribution < -0.4 is 10.5 Å². The monoisotopic (exact) mass is 398 g/mol. The van der Waals surface area contributed by atoms with Gasteiger partial charge in [0.15, 0.2) is 0 Å². The Morgan fingerprint density at radius 1 is 1.14 bits per heavy atom. The highest BCUT2D eigenvalue weighted by molar-refractivity contribution is 5.78. The quantitative estimate of drug-likeness (QED) is 0.759. The van der Waals surface area contributed by atoms with Gasteiger partial charge in [0.25, 0.3) is 5.56 Å². The molecular weight excluding hydrogens is 368 g/mol. The van der Waals surface area contributed by atoms with Crippen molar-refractivity contribution in [1.29, 1.82) is 0 Å². The van der Waals surface area contributed by atoms with Gasteiger partial charge in [-0.1, -0.05) is 20.8 Å². The second-order valence-electron chi connectivity index (χ2n) is 7.17. The molecule has 2 aromatic heterocycles. The van der Waals surface area contributed by atoms with Crippen molar-refractivity contribution in [2.45, 2.75) is 27.2 Å². The van der Waals surface area contributed by atoms with E-state index >= 15 is 0 Å². The summed E-state index contributed by atoms with van der Waals surface area (Å²) in [6.45, 7) is 11.3. The molecule has 1 N–H and O–H groups in total. The van der Waals surface area contributed by atoms with Crippen molar-refractivity contribution in [2.24, 2.45) is 0 Å². The van der Waals surface area contributed by atoms with E-state index in [0.29, 0.717) is 31.9 Å². The molecule has 29 heavy (non-hydrogen) atoms. The summed E-state index contributed by atoms with van der Waals surface area (Å²) in [5.74, 6) is 1.61. The third-order valence-electron chi connectivity index (χ3n) is 5.39. The minimum absolute atomic E-state index is 0.151. The van der Waals surface area contributed by atoms with Crippen LogP contribution in [0.5, 0.6) is 0 Å². The van der Waals surface area contributed by atoms with Crippen LogP contribution in [0.4, 0.5) is 5.82 Å². The molecule has 0 saturated carbocycles. The Labute approximate surface area is 171 Å². The van der Waals surface area contributed by atoms with Gasteiger partial charge in [-0.05, 0) is 31.6 Å². The van der Waals surface area contributed by atoms with Crippen molar-refractivity contribution < 1.29 is 4.79 Å². The molecule has 1 fully saturated rings. The van der Waals surface area contributed by atoms with Gasteiger partial charge in [-0.2, -0.15) is 0 Å². The lowest BCUT2D eigenvalue weighted by Crippen LogP contribution is -2.51. The zero-order valence-electron chi connectivity index (χ0n) is 17.5. The summed E-state index contributed by atoms with van der Waals surface area (Å²) in [5.41, 5.74) is 1.40. The molecule has 0 bridgehead atoms. The number of amides is 1. The molecule has 8 heteroatoms. The molecule has 0 spiro atoms. The zero-order valence-corrected chi connectivity index (χ0v) is 17.5. The number of rotatable bonds is 7. The molecule has 0 unspecified atom stereocenters. The Morgan fingerprint density at radius 3 is 2.45 bits per heavy atom. The molecule has 0 atom stereocenters. The first-order valence-corrected chi connectivity index (χ1v) is 10.4. The molecule has 156 valence electrons. The smallest absolute Gasteiger partial charge is 0.251 e. The summed E-state index contributed by atoms with van der Waals surface area (Å²) in [5, 5.41) is 0. The Kier molecular flexibility index (Phi) is 6.98. The standard InChI is InChI=1S/C21H30N6O2/c1-4-17-13-19(28)24-21(23-17)16-7-8-18(22-14-16)26-9-11-27(12-10-26)20(29)15-25(5-2)6-3/h7-8,13-14H,4-6,9-12,15H2,1-3H3,(H,23,24,28). The average Bonchev–Trinajstić information content (AvgIpc) is 2.77. The van der Waals surface area contributed by atoms with Crippen molar-refractivity contribution in [3.63, 3.8) is 0 Å². The Balaban J connectivity index is 1.61. The van der Waals surface area contributed by atoms with Gasteiger partial charge in [0.05, 0.1) is 6.54 Å². The third-order valence-corrected chi connectivity index (χ3v) is 5.39. The van der Waals surface area contributed by atoms with Gasteiger partial charge >= 0.3 is 0 Å². The van der Waals surface area contributed by atoms with Gasteiger partial charge in [-0.15, -0.1) is 0 Å². The molecule has 2 aromatic rings. The van der Waals surface area contributed by atoms with Gasteiger partial charge in [-0.3, -0.25) is 14.5 Å².